The van der Waals surface area contributed by atoms with Crippen LogP contribution in [0.3, 0.4) is 0 Å². The van der Waals surface area contributed by atoms with E-state index in [1.54, 1.807) is 0 Å². The zero-order valence-electron chi connectivity index (χ0n) is 14.7. The van der Waals surface area contributed by atoms with Crippen LogP contribution >= 0.6 is 0 Å². The summed E-state index contributed by atoms with van der Waals surface area (Å²) in [7, 11) is 4.11. The van der Waals surface area contributed by atoms with Crippen molar-refractivity contribution < 1.29 is 9.53 Å². The molecule has 1 heterocycles. The molecule has 0 amide bonds. The Hall–Kier alpha value is 0.946. The van der Waals surface area contributed by atoms with Crippen molar-refractivity contribution in [2.75, 3.05) is 34.0 Å². The molecule has 3 N–H and O–H groups in total. The first kappa shape index (κ1) is 23.9. The van der Waals surface area contributed by atoms with Crippen molar-refractivity contribution in [3.63, 3.8) is 0 Å². The molecule has 0 radical (unpaired) electrons. The van der Waals surface area contributed by atoms with E-state index in [1.807, 2.05) is 0 Å². The predicted molar refractivity (Wildman–Crippen MR) is 96.2 cm³/mol. The van der Waals surface area contributed by atoms with Gasteiger partial charge in [0.05, 0.1) is 19.3 Å². The minimum absolute atomic E-state index is 0. The third-order valence-corrected chi connectivity index (χ3v) is 4.14. The van der Waals surface area contributed by atoms with Crippen LogP contribution in [0.15, 0.2) is 0 Å². The number of nitrogens with one attached hydrogen (secondary N) is 3. The molecule has 7 heteroatoms. The molecule has 1 rings (SSSR count). The van der Waals surface area contributed by atoms with Crippen molar-refractivity contribution in [2.24, 2.45) is 5.92 Å². The standard InChI is InChI=1S/C16H34N4O2.K.H/c1-5-7-9-14(6-2)15(21)22-16(10-8-11-20(3)4)18-12-17-13-19-16;;/h14,17-19H,5-13H2,1-4H3;;. The van der Waals surface area contributed by atoms with Crippen molar-refractivity contribution in [1.29, 1.82) is 0 Å². The Kier molecular flexibility index (Phi) is 13.7. The van der Waals surface area contributed by atoms with Gasteiger partial charge in [0.2, 0.25) is 5.85 Å². The molecule has 0 bridgehead atoms. The maximum atomic E-state index is 12.5. The van der Waals surface area contributed by atoms with E-state index in [0.29, 0.717) is 13.3 Å². The summed E-state index contributed by atoms with van der Waals surface area (Å²) in [5.41, 5.74) is 0. The van der Waals surface area contributed by atoms with Crippen LogP contribution in [0.25, 0.3) is 0 Å². The molecular formula is C16H35KN4O2. The molecule has 6 nitrogen and oxygen atoms in total. The van der Waals surface area contributed by atoms with Gasteiger partial charge in [0, 0.05) is 6.42 Å². The monoisotopic (exact) mass is 354 g/mol. The predicted octanol–water partition coefficient (Wildman–Crippen LogP) is 0.791. The van der Waals surface area contributed by atoms with Crippen LogP contribution in [0.5, 0.6) is 0 Å². The van der Waals surface area contributed by atoms with Crippen molar-refractivity contribution in [1.82, 2.24) is 20.9 Å². The molecule has 0 aromatic carbocycles. The van der Waals surface area contributed by atoms with E-state index in [9.17, 15) is 4.79 Å². The molecule has 0 aliphatic carbocycles. The van der Waals surface area contributed by atoms with E-state index in [2.05, 4.69) is 48.8 Å². The number of hydrogen-bond donors (Lipinski definition) is 3. The van der Waals surface area contributed by atoms with Gasteiger partial charge < -0.3 is 9.64 Å². The van der Waals surface area contributed by atoms with Crippen LogP contribution in [0, 0.1) is 5.92 Å². The summed E-state index contributed by atoms with van der Waals surface area (Å²) >= 11 is 0. The van der Waals surface area contributed by atoms with Gasteiger partial charge in [-0.1, -0.05) is 26.7 Å². The fourth-order valence-corrected chi connectivity index (χ4v) is 2.67. The van der Waals surface area contributed by atoms with Crippen LogP contribution in [0.1, 0.15) is 52.4 Å². The number of esters is 1. The Morgan fingerprint density at radius 1 is 1.22 bits per heavy atom. The zero-order valence-corrected chi connectivity index (χ0v) is 14.7. The van der Waals surface area contributed by atoms with Gasteiger partial charge in [0.15, 0.2) is 0 Å². The summed E-state index contributed by atoms with van der Waals surface area (Å²) < 4.78 is 5.89. The van der Waals surface area contributed by atoms with Gasteiger partial charge >= 0.3 is 57.4 Å². The maximum absolute atomic E-state index is 12.5. The Morgan fingerprint density at radius 3 is 2.39 bits per heavy atom. The van der Waals surface area contributed by atoms with E-state index in [-0.39, 0.29) is 63.3 Å². The summed E-state index contributed by atoms with van der Waals surface area (Å²) in [4.78, 5) is 14.7. The van der Waals surface area contributed by atoms with Gasteiger partial charge in [0.1, 0.15) is 0 Å². The molecule has 1 aliphatic heterocycles. The molecule has 1 unspecified atom stereocenters. The minimum atomic E-state index is -0.724. The number of carbonyl (C=O) groups excluding carboxylic acids is 1. The van der Waals surface area contributed by atoms with E-state index < -0.39 is 5.85 Å². The number of carbonyl (C=O) groups is 1. The Bertz CT molecular complexity index is 323. The molecule has 0 saturated carbocycles. The van der Waals surface area contributed by atoms with Gasteiger partial charge in [-0.3, -0.25) is 20.7 Å². The average molecular weight is 355 g/mol. The number of hydrogen-bond acceptors (Lipinski definition) is 6. The zero-order chi connectivity index (χ0) is 16.4. The van der Waals surface area contributed by atoms with Crippen LogP contribution in [0.4, 0.5) is 0 Å². The van der Waals surface area contributed by atoms with Gasteiger partial charge in [-0.05, 0) is 39.9 Å². The first-order valence-corrected chi connectivity index (χ1v) is 8.61. The first-order valence-electron chi connectivity index (χ1n) is 8.61. The summed E-state index contributed by atoms with van der Waals surface area (Å²) in [5, 5.41) is 9.74. The Labute approximate surface area is 184 Å². The molecule has 1 fully saturated rings. The van der Waals surface area contributed by atoms with Gasteiger partial charge in [-0.2, -0.15) is 0 Å². The average Bonchev–Trinajstić information content (AvgIpc) is 2.48. The normalized spacial score (nSPS) is 18.3. The fourth-order valence-electron chi connectivity index (χ4n) is 2.67. The van der Waals surface area contributed by atoms with Crippen LogP contribution in [-0.4, -0.2) is 102 Å². The summed E-state index contributed by atoms with van der Waals surface area (Å²) in [6.45, 7) is 6.48. The molecular weight excluding hydrogens is 319 g/mol. The van der Waals surface area contributed by atoms with Crippen LogP contribution in [-0.2, 0) is 9.53 Å². The van der Waals surface area contributed by atoms with Crippen molar-refractivity contribution in [3.05, 3.63) is 0 Å². The summed E-state index contributed by atoms with van der Waals surface area (Å²) in [5.74, 6) is -0.801. The third-order valence-electron chi connectivity index (χ3n) is 4.14. The second kappa shape index (κ2) is 13.2. The van der Waals surface area contributed by atoms with Crippen molar-refractivity contribution >= 4 is 57.4 Å². The SMILES string of the molecule is CCCCC(CC)C(=O)OC1(CCCN(C)C)NCNCN1.[KH]. The first-order chi connectivity index (χ1) is 10.5. The van der Waals surface area contributed by atoms with Crippen LogP contribution < -0.4 is 16.0 Å². The second-order valence-corrected chi connectivity index (χ2v) is 6.36. The number of rotatable bonds is 10. The molecule has 1 atom stereocenters. The molecule has 0 aromatic heterocycles. The molecule has 23 heavy (non-hydrogen) atoms. The fraction of sp³-hybridized carbons (Fsp3) is 0.938. The van der Waals surface area contributed by atoms with E-state index >= 15 is 0 Å². The second-order valence-electron chi connectivity index (χ2n) is 6.36. The van der Waals surface area contributed by atoms with Gasteiger partial charge in [-0.15, -0.1) is 0 Å². The molecule has 132 valence electrons. The third kappa shape index (κ3) is 9.28. The number of ether oxygens (including phenoxy) is 1. The molecule has 1 saturated heterocycles. The topological polar surface area (TPSA) is 65.6 Å². The van der Waals surface area contributed by atoms with E-state index in [0.717, 1.165) is 45.1 Å². The summed E-state index contributed by atoms with van der Waals surface area (Å²) in [6, 6.07) is 0. The van der Waals surface area contributed by atoms with Crippen molar-refractivity contribution in [3.8, 4) is 0 Å². The van der Waals surface area contributed by atoms with Crippen molar-refractivity contribution in [2.45, 2.75) is 58.2 Å². The van der Waals surface area contributed by atoms with Gasteiger partial charge in [0.25, 0.3) is 0 Å². The summed E-state index contributed by atoms with van der Waals surface area (Å²) in [6.07, 6.45) is 5.67. The number of nitrogens with zero attached hydrogens (tertiary/aromatic N) is 1. The van der Waals surface area contributed by atoms with E-state index in [1.165, 1.54) is 0 Å². The molecule has 0 spiro atoms. The molecule has 1 aliphatic rings. The quantitative estimate of drug-likeness (QED) is 0.398. The van der Waals surface area contributed by atoms with Gasteiger partial charge in [-0.25, -0.2) is 0 Å². The Balaban J connectivity index is 0.00000484. The molecule has 0 aromatic rings. The Morgan fingerprint density at radius 2 is 1.87 bits per heavy atom. The van der Waals surface area contributed by atoms with E-state index in [4.69, 9.17) is 4.74 Å². The number of unbranched alkanes of at least 4 members (excludes halogenated alkanes) is 1. The van der Waals surface area contributed by atoms with Crippen LogP contribution in [0.2, 0.25) is 0 Å².